The first-order valence-electron chi connectivity index (χ1n) is 4.75. The molecule has 3 N–H and O–H groups in total. The summed E-state index contributed by atoms with van der Waals surface area (Å²) in [5.41, 5.74) is 4.60. The van der Waals surface area contributed by atoms with Gasteiger partial charge in [-0.25, -0.2) is 5.43 Å². The monoisotopic (exact) mass is 195 g/mol. The Morgan fingerprint density at radius 3 is 2.93 bits per heavy atom. The predicted octanol–water partition coefficient (Wildman–Crippen LogP) is 0.931. The molecule has 0 aliphatic carbocycles. The molecular formula is C10H17N3O. The molecule has 0 fully saturated rings. The summed E-state index contributed by atoms with van der Waals surface area (Å²) < 4.78 is 5.30. The number of nitrogens with zero attached hydrogens (tertiary/aromatic N) is 1. The Morgan fingerprint density at radius 1 is 1.57 bits per heavy atom. The van der Waals surface area contributed by atoms with Gasteiger partial charge in [-0.15, -0.1) is 0 Å². The van der Waals surface area contributed by atoms with Crippen LogP contribution in [0, 0.1) is 6.92 Å². The second-order valence-electron chi connectivity index (χ2n) is 3.08. The molecule has 1 aromatic rings. The Morgan fingerprint density at radius 2 is 2.36 bits per heavy atom. The minimum atomic E-state index is -0.0325. The van der Waals surface area contributed by atoms with Gasteiger partial charge in [-0.1, -0.05) is 6.07 Å². The molecule has 0 saturated carbocycles. The number of pyridine rings is 1. The minimum absolute atomic E-state index is 0.0325. The van der Waals surface area contributed by atoms with Gasteiger partial charge in [-0.2, -0.15) is 0 Å². The van der Waals surface area contributed by atoms with E-state index >= 15 is 0 Å². The Bertz CT molecular complexity index is 278. The van der Waals surface area contributed by atoms with Gasteiger partial charge >= 0.3 is 0 Å². The number of hydrazine groups is 1. The topological polar surface area (TPSA) is 60.2 Å². The molecule has 4 heteroatoms. The molecule has 0 aliphatic heterocycles. The van der Waals surface area contributed by atoms with Gasteiger partial charge in [0.2, 0.25) is 0 Å². The van der Waals surface area contributed by atoms with Gasteiger partial charge < -0.3 is 4.74 Å². The van der Waals surface area contributed by atoms with Gasteiger partial charge in [0.05, 0.1) is 18.3 Å². The van der Waals surface area contributed by atoms with Crippen molar-refractivity contribution in [1.29, 1.82) is 0 Å². The zero-order valence-electron chi connectivity index (χ0n) is 8.66. The van der Waals surface area contributed by atoms with Gasteiger partial charge in [0.1, 0.15) is 0 Å². The molecule has 1 rings (SSSR count). The van der Waals surface area contributed by atoms with Gasteiger partial charge in [-0.05, 0) is 26.0 Å². The lowest BCUT2D eigenvalue weighted by Gasteiger charge is -2.15. The number of hydrogen-bond acceptors (Lipinski definition) is 4. The molecule has 78 valence electrons. The molecule has 1 aromatic heterocycles. The Labute approximate surface area is 84.4 Å². The lowest BCUT2D eigenvalue weighted by Crippen LogP contribution is -2.32. The fourth-order valence-electron chi connectivity index (χ4n) is 1.21. The Balaban J connectivity index is 2.68. The number of ether oxygens (including phenoxy) is 1. The van der Waals surface area contributed by atoms with Crippen LogP contribution in [0.4, 0.5) is 0 Å². The first-order chi connectivity index (χ1) is 6.77. The lowest BCUT2D eigenvalue weighted by molar-refractivity contribution is 0.122. The summed E-state index contributed by atoms with van der Waals surface area (Å²) in [7, 11) is 0. The van der Waals surface area contributed by atoms with Gasteiger partial charge in [0.15, 0.2) is 0 Å². The van der Waals surface area contributed by atoms with E-state index in [0.29, 0.717) is 13.2 Å². The van der Waals surface area contributed by atoms with Crippen LogP contribution in [0.5, 0.6) is 0 Å². The summed E-state index contributed by atoms with van der Waals surface area (Å²) in [6.45, 7) is 5.14. The van der Waals surface area contributed by atoms with Crippen LogP contribution in [0.3, 0.4) is 0 Å². The van der Waals surface area contributed by atoms with Crippen LogP contribution in [0.25, 0.3) is 0 Å². The third-order valence-electron chi connectivity index (χ3n) is 1.96. The van der Waals surface area contributed by atoms with Crippen molar-refractivity contribution in [3.8, 4) is 0 Å². The zero-order valence-corrected chi connectivity index (χ0v) is 8.66. The van der Waals surface area contributed by atoms with E-state index in [4.69, 9.17) is 10.6 Å². The summed E-state index contributed by atoms with van der Waals surface area (Å²) in [5.74, 6) is 5.43. The van der Waals surface area contributed by atoms with Crippen molar-refractivity contribution >= 4 is 0 Å². The van der Waals surface area contributed by atoms with Crippen LogP contribution >= 0.6 is 0 Å². The highest BCUT2D eigenvalue weighted by atomic mass is 16.5. The van der Waals surface area contributed by atoms with E-state index in [1.54, 1.807) is 0 Å². The first-order valence-corrected chi connectivity index (χ1v) is 4.75. The summed E-state index contributed by atoms with van der Waals surface area (Å²) >= 11 is 0. The largest absolute Gasteiger partial charge is 0.380 e. The Hall–Kier alpha value is -0.970. The van der Waals surface area contributed by atoms with E-state index in [1.165, 1.54) is 0 Å². The molecular weight excluding hydrogens is 178 g/mol. The van der Waals surface area contributed by atoms with Crippen molar-refractivity contribution in [2.24, 2.45) is 5.84 Å². The SMILES string of the molecule is CCOCC(NN)c1cccc(C)n1. The van der Waals surface area contributed by atoms with E-state index in [0.717, 1.165) is 11.4 Å². The van der Waals surface area contributed by atoms with Crippen molar-refractivity contribution in [2.45, 2.75) is 19.9 Å². The molecule has 0 bridgehead atoms. The van der Waals surface area contributed by atoms with E-state index in [1.807, 2.05) is 32.0 Å². The van der Waals surface area contributed by atoms with Crippen LogP contribution < -0.4 is 11.3 Å². The molecule has 0 aliphatic rings. The normalized spacial score (nSPS) is 12.8. The number of rotatable bonds is 5. The molecule has 4 nitrogen and oxygen atoms in total. The summed E-state index contributed by atoms with van der Waals surface area (Å²) in [6, 6.07) is 5.83. The fraction of sp³-hybridized carbons (Fsp3) is 0.500. The molecule has 0 radical (unpaired) electrons. The van der Waals surface area contributed by atoms with Gasteiger partial charge in [0.25, 0.3) is 0 Å². The molecule has 0 aromatic carbocycles. The molecule has 14 heavy (non-hydrogen) atoms. The number of nitrogens with one attached hydrogen (secondary N) is 1. The zero-order chi connectivity index (χ0) is 10.4. The van der Waals surface area contributed by atoms with Crippen molar-refractivity contribution in [1.82, 2.24) is 10.4 Å². The van der Waals surface area contributed by atoms with E-state index in [2.05, 4.69) is 10.4 Å². The highest BCUT2D eigenvalue weighted by Crippen LogP contribution is 2.09. The average Bonchev–Trinajstić information content (AvgIpc) is 2.19. The predicted molar refractivity (Wildman–Crippen MR) is 55.5 cm³/mol. The van der Waals surface area contributed by atoms with E-state index in [9.17, 15) is 0 Å². The summed E-state index contributed by atoms with van der Waals surface area (Å²) in [6.07, 6.45) is 0. The lowest BCUT2D eigenvalue weighted by atomic mass is 10.2. The third kappa shape index (κ3) is 3.06. The summed E-state index contributed by atoms with van der Waals surface area (Å²) in [4.78, 5) is 4.37. The van der Waals surface area contributed by atoms with Crippen LogP contribution in [0.15, 0.2) is 18.2 Å². The number of aromatic nitrogens is 1. The number of nitrogens with two attached hydrogens (primary N) is 1. The van der Waals surface area contributed by atoms with E-state index in [-0.39, 0.29) is 6.04 Å². The van der Waals surface area contributed by atoms with Crippen LogP contribution in [0.2, 0.25) is 0 Å². The van der Waals surface area contributed by atoms with E-state index < -0.39 is 0 Å². The molecule has 1 atom stereocenters. The standard InChI is InChI=1S/C10H17N3O/c1-3-14-7-10(13-11)9-6-4-5-8(2)12-9/h4-6,10,13H,3,7,11H2,1-2H3. The highest BCUT2D eigenvalue weighted by Gasteiger charge is 2.10. The minimum Gasteiger partial charge on any atom is -0.380 e. The summed E-state index contributed by atoms with van der Waals surface area (Å²) in [5, 5.41) is 0. The second kappa shape index (κ2) is 5.70. The van der Waals surface area contributed by atoms with Crippen molar-refractivity contribution in [2.75, 3.05) is 13.2 Å². The maximum absolute atomic E-state index is 5.43. The van der Waals surface area contributed by atoms with Crippen LogP contribution in [-0.2, 0) is 4.74 Å². The smallest absolute Gasteiger partial charge is 0.0865 e. The quantitative estimate of drug-likeness (QED) is 0.542. The number of hydrogen-bond donors (Lipinski definition) is 2. The van der Waals surface area contributed by atoms with Crippen molar-refractivity contribution in [3.05, 3.63) is 29.6 Å². The van der Waals surface area contributed by atoms with Gasteiger partial charge in [0, 0.05) is 12.3 Å². The maximum atomic E-state index is 5.43. The number of aryl methyl sites for hydroxylation is 1. The average molecular weight is 195 g/mol. The fourth-order valence-corrected chi connectivity index (χ4v) is 1.21. The Kier molecular flexibility index (Phi) is 4.52. The molecule has 1 unspecified atom stereocenters. The first kappa shape index (κ1) is 11.1. The van der Waals surface area contributed by atoms with Gasteiger partial charge in [-0.3, -0.25) is 10.8 Å². The molecule has 0 saturated heterocycles. The highest BCUT2D eigenvalue weighted by molar-refractivity contribution is 5.13. The molecule has 1 heterocycles. The maximum Gasteiger partial charge on any atom is 0.0865 e. The van der Waals surface area contributed by atoms with Crippen molar-refractivity contribution in [3.63, 3.8) is 0 Å². The molecule has 0 spiro atoms. The third-order valence-corrected chi connectivity index (χ3v) is 1.96. The molecule has 0 amide bonds. The van der Waals surface area contributed by atoms with Crippen LogP contribution in [-0.4, -0.2) is 18.2 Å². The van der Waals surface area contributed by atoms with Crippen molar-refractivity contribution < 1.29 is 4.74 Å². The second-order valence-corrected chi connectivity index (χ2v) is 3.08. The van der Waals surface area contributed by atoms with Crippen LogP contribution in [0.1, 0.15) is 24.4 Å².